The highest BCUT2D eigenvalue weighted by Crippen LogP contribution is 2.44. The largest absolute Gasteiger partial charge is 0.490 e. The molecule has 2 heterocycles. The number of thiophene rings is 1. The Kier molecular flexibility index (Phi) is 6.20. The third-order valence-electron chi connectivity index (χ3n) is 6.67. The van der Waals surface area contributed by atoms with E-state index in [1.165, 1.54) is 38.2 Å². The molecule has 0 radical (unpaired) electrons. The molecule has 2 N–H and O–H groups in total. The minimum absolute atomic E-state index is 0.00542. The van der Waals surface area contributed by atoms with E-state index in [-0.39, 0.29) is 16.9 Å². The fraction of sp³-hybridized carbons (Fsp3) is 0.133. The van der Waals surface area contributed by atoms with Crippen molar-refractivity contribution in [2.75, 3.05) is 6.61 Å². The molecule has 1 aliphatic heterocycles. The van der Waals surface area contributed by atoms with Gasteiger partial charge in [0.2, 0.25) is 10.0 Å². The lowest BCUT2D eigenvalue weighted by molar-refractivity contribution is 0.174. The van der Waals surface area contributed by atoms with Crippen LogP contribution in [-0.4, -0.2) is 21.1 Å². The van der Waals surface area contributed by atoms with E-state index in [9.17, 15) is 8.42 Å². The van der Waals surface area contributed by atoms with Crippen molar-refractivity contribution in [3.63, 3.8) is 0 Å². The van der Waals surface area contributed by atoms with Crippen LogP contribution in [0.5, 0.6) is 11.5 Å². The SMILES string of the molecule is NS(=O)(=O)c1ccc2c(c1)OCCC(C(c1ccccc1)c1cc3cccc(-c4ccccc4)c3s1)O2. The first-order valence-corrected chi connectivity index (χ1v) is 14.4. The van der Waals surface area contributed by atoms with Gasteiger partial charge in [0, 0.05) is 22.1 Å². The highest BCUT2D eigenvalue weighted by atomic mass is 32.2. The lowest BCUT2D eigenvalue weighted by Crippen LogP contribution is -2.26. The van der Waals surface area contributed by atoms with E-state index in [0.717, 1.165) is 5.56 Å². The van der Waals surface area contributed by atoms with Gasteiger partial charge in [0.15, 0.2) is 11.5 Å². The minimum Gasteiger partial charge on any atom is -0.490 e. The number of sulfonamides is 1. The average molecular weight is 528 g/mol. The first kappa shape index (κ1) is 23.7. The minimum atomic E-state index is -3.84. The number of primary sulfonamides is 1. The first-order valence-electron chi connectivity index (χ1n) is 12.1. The molecular formula is C30H25NO4S2. The predicted molar refractivity (Wildman–Crippen MR) is 148 cm³/mol. The van der Waals surface area contributed by atoms with Gasteiger partial charge in [0.1, 0.15) is 6.10 Å². The highest BCUT2D eigenvalue weighted by Gasteiger charge is 2.31. The second-order valence-corrected chi connectivity index (χ2v) is 11.7. The molecule has 5 aromatic rings. The summed E-state index contributed by atoms with van der Waals surface area (Å²) in [6, 6.07) is 34.0. The first-order chi connectivity index (χ1) is 18.0. The topological polar surface area (TPSA) is 78.6 Å². The zero-order valence-electron chi connectivity index (χ0n) is 19.9. The summed E-state index contributed by atoms with van der Waals surface area (Å²) in [7, 11) is -3.84. The molecule has 2 unspecified atom stereocenters. The lowest BCUT2D eigenvalue weighted by Gasteiger charge is -2.26. The summed E-state index contributed by atoms with van der Waals surface area (Å²) in [5.41, 5.74) is 3.56. The van der Waals surface area contributed by atoms with Crippen molar-refractivity contribution in [3.05, 3.63) is 114 Å². The Morgan fingerprint density at radius 1 is 0.838 bits per heavy atom. The van der Waals surface area contributed by atoms with Crippen molar-refractivity contribution >= 4 is 31.4 Å². The quantitative estimate of drug-likeness (QED) is 0.280. The van der Waals surface area contributed by atoms with E-state index in [1.54, 1.807) is 17.4 Å². The summed E-state index contributed by atoms with van der Waals surface area (Å²) in [6.07, 6.45) is 0.427. The van der Waals surface area contributed by atoms with E-state index in [0.29, 0.717) is 24.5 Å². The van der Waals surface area contributed by atoms with Crippen LogP contribution in [0, 0.1) is 0 Å². The van der Waals surface area contributed by atoms with Gasteiger partial charge in [-0.2, -0.15) is 0 Å². The molecule has 1 aliphatic rings. The molecule has 1 aromatic heterocycles. The summed E-state index contributed by atoms with van der Waals surface area (Å²) in [4.78, 5) is 1.21. The van der Waals surface area contributed by atoms with Gasteiger partial charge < -0.3 is 9.47 Å². The van der Waals surface area contributed by atoms with Gasteiger partial charge in [-0.05, 0) is 40.3 Å². The molecule has 7 heteroatoms. The summed E-state index contributed by atoms with van der Waals surface area (Å²) in [6.45, 7) is 0.398. The molecule has 186 valence electrons. The fourth-order valence-electron chi connectivity index (χ4n) is 4.92. The van der Waals surface area contributed by atoms with E-state index >= 15 is 0 Å². The molecule has 0 amide bonds. The van der Waals surface area contributed by atoms with Crippen LogP contribution in [0.3, 0.4) is 0 Å². The Hall–Kier alpha value is -3.65. The molecule has 37 heavy (non-hydrogen) atoms. The highest BCUT2D eigenvalue weighted by molar-refractivity contribution is 7.89. The molecule has 0 saturated heterocycles. The number of fused-ring (bicyclic) bond motifs is 2. The second-order valence-electron chi connectivity index (χ2n) is 9.07. The maximum absolute atomic E-state index is 11.8. The van der Waals surface area contributed by atoms with Gasteiger partial charge in [-0.25, -0.2) is 13.6 Å². The van der Waals surface area contributed by atoms with Crippen LogP contribution in [0.15, 0.2) is 108 Å². The third-order valence-corrected chi connectivity index (χ3v) is 8.85. The molecule has 0 aliphatic carbocycles. The van der Waals surface area contributed by atoms with Crippen LogP contribution in [0.1, 0.15) is 22.8 Å². The van der Waals surface area contributed by atoms with Crippen LogP contribution < -0.4 is 14.6 Å². The van der Waals surface area contributed by atoms with E-state index in [1.807, 2.05) is 24.3 Å². The molecule has 0 saturated carbocycles. The number of hydrogen-bond acceptors (Lipinski definition) is 5. The van der Waals surface area contributed by atoms with Crippen molar-refractivity contribution in [2.45, 2.75) is 23.3 Å². The van der Waals surface area contributed by atoms with Gasteiger partial charge in [-0.15, -0.1) is 11.3 Å². The normalized spacial score (nSPS) is 16.3. The average Bonchev–Trinajstić information content (AvgIpc) is 3.22. The Labute approximate surface area is 220 Å². The predicted octanol–water partition coefficient (Wildman–Crippen LogP) is 6.58. The number of ether oxygens (including phenoxy) is 2. The second kappa shape index (κ2) is 9.67. The lowest BCUT2D eigenvalue weighted by atomic mass is 9.89. The number of benzene rings is 4. The molecule has 5 nitrogen and oxygen atoms in total. The van der Waals surface area contributed by atoms with Gasteiger partial charge >= 0.3 is 0 Å². The molecule has 0 bridgehead atoms. The Balaban J connectivity index is 1.44. The third kappa shape index (κ3) is 4.73. The van der Waals surface area contributed by atoms with Crippen molar-refractivity contribution < 1.29 is 17.9 Å². The van der Waals surface area contributed by atoms with Crippen LogP contribution >= 0.6 is 11.3 Å². The maximum Gasteiger partial charge on any atom is 0.238 e. The summed E-state index contributed by atoms with van der Waals surface area (Å²) in [5, 5.41) is 6.52. The van der Waals surface area contributed by atoms with Gasteiger partial charge in [-0.1, -0.05) is 78.9 Å². The summed E-state index contributed by atoms with van der Waals surface area (Å²) in [5.74, 6) is 0.875. The Bertz CT molecular complexity index is 1660. The number of hydrogen-bond donors (Lipinski definition) is 1. The zero-order valence-corrected chi connectivity index (χ0v) is 21.5. The van der Waals surface area contributed by atoms with Gasteiger partial charge in [-0.3, -0.25) is 0 Å². The van der Waals surface area contributed by atoms with Crippen molar-refractivity contribution in [3.8, 4) is 22.6 Å². The maximum atomic E-state index is 11.8. The van der Waals surface area contributed by atoms with E-state index in [4.69, 9.17) is 14.6 Å². The van der Waals surface area contributed by atoms with Crippen molar-refractivity contribution in [1.29, 1.82) is 0 Å². The van der Waals surface area contributed by atoms with Crippen molar-refractivity contribution in [2.24, 2.45) is 5.14 Å². The summed E-state index contributed by atoms with van der Waals surface area (Å²) >= 11 is 1.79. The van der Waals surface area contributed by atoms with Gasteiger partial charge in [0.25, 0.3) is 0 Å². The van der Waals surface area contributed by atoms with E-state index in [2.05, 4.69) is 60.7 Å². The van der Waals surface area contributed by atoms with Crippen LogP contribution in [0.4, 0.5) is 0 Å². The van der Waals surface area contributed by atoms with Crippen molar-refractivity contribution in [1.82, 2.24) is 0 Å². The van der Waals surface area contributed by atoms with Gasteiger partial charge in [0.05, 0.1) is 17.4 Å². The summed E-state index contributed by atoms with van der Waals surface area (Å²) < 4.78 is 37.4. The molecule has 2 atom stereocenters. The monoisotopic (exact) mass is 527 g/mol. The smallest absolute Gasteiger partial charge is 0.238 e. The molecule has 0 fully saturated rings. The zero-order chi connectivity index (χ0) is 25.4. The van der Waals surface area contributed by atoms with Crippen LogP contribution in [-0.2, 0) is 10.0 Å². The fourth-order valence-corrected chi connectivity index (χ4v) is 6.83. The number of rotatable bonds is 5. The van der Waals surface area contributed by atoms with E-state index < -0.39 is 10.0 Å². The molecule has 0 spiro atoms. The van der Waals surface area contributed by atoms with Crippen LogP contribution in [0.2, 0.25) is 0 Å². The molecular weight excluding hydrogens is 502 g/mol. The standard InChI is InChI=1S/C30H25NO4S2/c31-37(32,33)23-14-15-25-27(19-23)34-17-16-26(35-25)29(21-10-5-2-6-11-21)28-18-22-12-7-13-24(30(22)36-28)20-8-3-1-4-9-20/h1-15,18-19,26,29H,16-17H2,(H2,31,32,33). The molecule has 6 rings (SSSR count). The number of nitrogens with two attached hydrogens (primary N) is 1. The Morgan fingerprint density at radius 2 is 1.59 bits per heavy atom. The molecule has 4 aromatic carbocycles. The Morgan fingerprint density at radius 3 is 2.35 bits per heavy atom. The van der Waals surface area contributed by atoms with Crippen LogP contribution in [0.25, 0.3) is 21.2 Å².